The molecule has 150 valence electrons. The van der Waals surface area contributed by atoms with Gasteiger partial charge in [-0.25, -0.2) is 9.97 Å². The number of hydrogen-bond acceptors (Lipinski definition) is 5. The third kappa shape index (κ3) is 5.78. The molecule has 29 heavy (non-hydrogen) atoms. The first-order valence-corrected chi connectivity index (χ1v) is 10.4. The zero-order valence-corrected chi connectivity index (χ0v) is 16.7. The second-order valence-corrected chi connectivity index (χ2v) is 7.46. The van der Waals surface area contributed by atoms with Gasteiger partial charge in [0.05, 0.1) is 0 Å². The van der Waals surface area contributed by atoms with Crippen molar-refractivity contribution in [2.24, 2.45) is 0 Å². The topological polar surface area (TPSA) is 50.3 Å². The van der Waals surface area contributed by atoms with Gasteiger partial charge in [-0.15, -0.1) is 0 Å². The Balaban J connectivity index is 1.33. The second kappa shape index (κ2) is 10.0. The lowest BCUT2D eigenvalue weighted by Crippen LogP contribution is -2.38. The van der Waals surface area contributed by atoms with E-state index in [2.05, 4.69) is 74.8 Å². The summed E-state index contributed by atoms with van der Waals surface area (Å²) < 4.78 is 6.30. The number of ether oxygens (including phenoxy) is 1. The monoisotopic (exact) mass is 388 g/mol. The van der Waals surface area contributed by atoms with E-state index in [1.54, 1.807) is 12.4 Å². The largest absolute Gasteiger partial charge is 0.489 e. The first kappa shape index (κ1) is 19.4. The van der Waals surface area contributed by atoms with Crippen LogP contribution in [0.2, 0.25) is 0 Å². The molecule has 1 aromatic heterocycles. The van der Waals surface area contributed by atoms with Crippen molar-refractivity contribution in [2.45, 2.75) is 31.9 Å². The predicted octanol–water partition coefficient (Wildman–Crippen LogP) is 4.17. The van der Waals surface area contributed by atoms with Crippen LogP contribution in [0.5, 0.6) is 5.75 Å². The Labute approximate surface area is 172 Å². The standard InChI is InChI=1S/C24H28N4O/c1-2-8-20(9-3-1)18-28(17-7-16-27-24-25-14-6-15-26-24)19-22-13-12-21-10-4-5-11-23(21)29-22/h1-6,8-11,14-15,22H,7,12-13,16-19H2,(H,25,26,27). The average Bonchev–Trinajstić information content (AvgIpc) is 2.78. The summed E-state index contributed by atoms with van der Waals surface area (Å²) in [7, 11) is 0. The van der Waals surface area contributed by atoms with Gasteiger partial charge in [0, 0.05) is 38.6 Å². The Morgan fingerprint density at radius 3 is 2.62 bits per heavy atom. The Morgan fingerprint density at radius 1 is 0.966 bits per heavy atom. The van der Waals surface area contributed by atoms with Crippen molar-refractivity contribution in [2.75, 3.05) is 25.0 Å². The number of hydrogen-bond donors (Lipinski definition) is 1. The van der Waals surface area contributed by atoms with Crippen molar-refractivity contribution in [3.8, 4) is 5.75 Å². The summed E-state index contributed by atoms with van der Waals surface area (Å²) in [6.45, 7) is 3.72. The summed E-state index contributed by atoms with van der Waals surface area (Å²) in [6.07, 6.45) is 6.93. The van der Waals surface area contributed by atoms with Gasteiger partial charge in [-0.05, 0) is 42.5 Å². The zero-order valence-electron chi connectivity index (χ0n) is 16.7. The summed E-state index contributed by atoms with van der Waals surface area (Å²) in [5.74, 6) is 1.74. The molecule has 0 saturated heterocycles. The summed E-state index contributed by atoms with van der Waals surface area (Å²) >= 11 is 0. The number of anilines is 1. The molecule has 2 heterocycles. The van der Waals surface area contributed by atoms with Crippen LogP contribution in [0.25, 0.3) is 0 Å². The van der Waals surface area contributed by atoms with Crippen LogP contribution in [-0.2, 0) is 13.0 Å². The van der Waals surface area contributed by atoms with Gasteiger partial charge in [-0.1, -0.05) is 48.5 Å². The molecule has 1 unspecified atom stereocenters. The number of nitrogens with one attached hydrogen (secondary N) is 1. The third-order valence-corrected chi connectivity index (χ3v) is 5.21. The van der Waals surface area contributed by atoms with Crippen LogP contribution in [0.4, 0.5) is 5.95 Å². The highest BCUT2D eigenvalue weighted by atomic mass is 16.5. The minimum absolute atomic E-state index is 0.235. The Hall–Kier alpha value is -2.92. The third-order valence-electron chi connectivity index (χ3n) is 5.21. The highest BCUT2D eigenvalue weighted by molar-refractivity contribution is 5.35. The lowest BCUT2D eigenvalue weighted by atomic mass is 10.0. The first-order valence-electron chi connectivity index (χ1n) is 10.4. The van der Waals surface area contributed by atoms with E-state index in [1.807, 2.05) is 6.07 Å². The van der Waals surface area contributed by atoms with Crippen molar-refractivity contribution < 1.29 is 4.74 Å². The van der Waals surface area contributed by atoms with Crippen molar-refractivity contribution in [3.63, 3.8) is 0 Å². The van der Waals surface area contributed by atoms with Crippen LogP contribution >= 0.6 is 0 Å². The summed E-state index contributed by atoms with van der Waals surface area (Å²) in [5.41, 5.74) is 2.66. The van der Waals surface area contributed by atoms with Crippen LogP contribution in [0, 0.1) is 0 Å². The zero-order chi connectivity index (χ0) is 19.7. The van der Waals surface area contributed by atoms with Gasteiger partial charge in [0.15, 0.2) is 0 Å². The predicted molar refractivity (Wildman–Crippen MR) is 116 cm³/mol. The fraction of sp³-hybridized carbons (Fsp3) is 0.333. The molecule has 5 heteroatoms. The van der Waals surface area contributed by atoms with E-state index < -0.39 is 0 Å². The molecule has 1 aliphatic heterocycles. The highest BCUT2D eigenvalue weighted by Gasteiger charge is 2.22. The first-order chi connectivity index (χ1) is 14.4. The van der Waals surface area contributed by atoms with Crippen molar-refractivity contribution in [1.82, 2.24) is 14.9 Å². The minimum Gasteiger partial charge on any atom is -0.489 e. The number of aromatic nitrogens is 2. The fourth-order valence-electron chi connectivity index (χ4n) is 3.77. The molecule has 5 nitrogen and oxygen atoms in total. The maximum Gasteiger partial charge on any atom is 0.222 e. The number of aryl methyl sites for hydroxylation is 1. The molecule has 0 spiro atoms. The molecule has 4 rings (SSSR count). The molecule has 0 saturated carbocycles. The van der Waals surface area contributed by atoms with E-state index in [-0.39, 0.29) is 6.10 Å². The molecule has 1 atom stereocenters. The van der Waals surface area contributed by atoms with Gasteiger partial charge in [0.1, 0.15) is 11.9 Å². The van der Waals surface area contributed by atoms with E-state index in [9.17, 15) is 0 Å². The molecule has 0 aliphatic carbocycles. The molecule has 1 N–H and O–H groups in total. The lowest BCUT2D eigenvalue weighted by molar-refractivity contribution is 0.110. The van der Waals surface area contributed by atoms with Gasteiger partial charge >= 0.3 is 0 Å². The number of nitrogens with zero attached hydrogens (tertiary/aromatic N) is 3. The highest BCUT2D eigenvalue weighted by Crippen LogP contribution is 2.27. The van der Waals surface area contributed by atoms with Gasteiger partial charge in [0.25, 0.3) is 0 Å². The normalized spacial score (nSPS) is 15.6. The Morgan fingerprint density at radius 2 is 1.76 bits per heavy atom. The van der Waals surface area contributed by atoms with Crippen LogP contribution in [0.1, 0.15) is 24.0 Å². The maximum atomic E-state index is 6.30. The molecule has 2 aromatic carbocycles. The van der Waals surface area contributed by atoms with E-state index >= 15 is 0 Å². The molecule has 1 aliphatic rings. The van der Waals surface area contributed by atoms with E-state index in [1.165, 1.54) is 11.1 Å². The maximum absolute atomic E-state index is 6.30. The Kier molecular flexibility index (Phi) is 6.71. The number of rotatable bonds is 9. The van der Waals surface area contributed by atoms with Crippen molar-refractivity contribution in [3.05, 3.63) is 84.2 Å². The summed E-state index contributed by atoms with van der Waals surface area (Å²) in [4.78, 5) is 10.9. The average molecular weight is 389 g/mol. The molecular formula is C24H28N4O. The fourth-order valence-corrected chi connectivity index (χ4v) is 3.77. The van der Waals surface area contributed by atoms with Gasteiger partial charge in [-0.3, -0.25) is 4.90 Å². The molecule has 0 bridgehead atoms. The molecule has 0 radical (unpaired) electrons. The number of para-hydroxylation sites is 1. The quantitative estimate of drug-likeness (QED) is 0.558. The van der Waals surface area contributed by atoms with Crippen LogP contribution in [0.15, 0.2) is 73.1 Å². The molecule has 0 fully saturated rings. The van der Waals surface area contributed by atoms with Crippen molar-refractivity contribution >= 4 is 5.95 Å². The van der Waals surface area contributed by atoms with E-state index in [0.717, 1.165) is 51.2 Å². The summed E-state index contributed by atoms with van der Waals surface area (Å²) in [6, 6.07) is 20.9. The van der Waals surface area contributed by atoms with Crippen LogP contribution in [-0.4, -0.2) is 40.6 Å². The van der Waals surface area contributed by atoms with Crippen LogP contribution in [0.3, 0.4) is 0 Å². The smallest absolute Gasteiger partial charge is 0.222 e. The minimum atomic E-state index is 0.235. The van der Waals surface area contributed by atoms with E-state index in [0.29, 0.717) is 5.95 Å². The van der Waals surface area contributed by atoms with Gasteiger partial charge < -0.3 is 10.1 Å². The summed E-state index contributed by atoms with van der Waals surface area (Å²) in [5, 5.41) is 3.30. The van der Waals surface area contributed by atoms with Gasteiger partial charge in [0.2, 0.25) is 5.95 Å². The van der Waals surface area contributed by atoms with Crippen LogP contribution < -0.4 is 10.1 Å². The van der Waals surface area contributed by atoms with E-state index in [4.69, 9.17) is 4.74 Å². The SMILES string of the molecule is c1ccc(CN(CCCNc2ncccn2)CC2CCc3ccccc3O2)cc1. The van der Waals surface area contributed by atoms with Crippen molar-refractivity contribution in [1.29, 1.82) is 0 Å². The Bertz CT molecular complexity index is 872. The molecule has 3 aromatic rings. The number of fused-ring (bicyclic) bond motifs is 1. The second-order valence-electron chi connectivity index (χ2n) is 7.46. The van der Waals surface area contributed by atoms with Gasteiger partial charge in [-0.2, -0.15) is 0 Å². The molecule has 0 amide bonds. The number of benzene rings is 2. The molecular weight excluding hydrogens is 360 g/mol. The lowest BCUT2D eigenvalue weighted by Gasteiger charge is -2.31.